The van der Waals surface area contributed by atoms with Crippen molar-refractivity contribution in [2.75, 3.05) is 6.54 Å². The zero-order chi connectivity index (χ0) is 15.9. The van der Waals surface area contributed by atoms with Gasteiger partial charge in [-0.25, -0.2) is 0 Å². The van der Waals surface area contributed by atoms with Gasteiger partial charge in [-0.05, 0) is 24.5 Å². The Morgan fingerprint density at radius 2 is 1.91 bits per heavy atom. The molecule has 1 atom stereocenters. The highest BCUT2D eigenvalue weighted by Gasteiger charge is 2.11. The van der Waals surface area contributed by atoms with E-state index in [0.717, 1.165) is 11.1 Å². The first-order chi connectivity index (χ1) is 10.6. The molecule has 0 spiro atoms. The number of benzene rings is 2. The monoisotopic (exact) mass is 300 g/mol. The number of nitro benzene ring substituents is 1. The minimum absolute atomic E-state index is 0.129. The van der Waals surface area contributed by atoms with Crippen molar-refractivity contribution in [2.24, 2.45) is 0 Å². The Bertz CT molecular complexity index is 629. The molecule has 0 saturated heterocycles. The summed E-state index contributed by atoms with van der Waals surface area (Å²) in [5, 5.41) is 24.0. The van der Waals surface area contributed by atoms with Gasteiger partial charge in [-0.15, -0.1) is 0 Å². The van der Waals surface area contributed by atoms with E-state index in [0.29, 0.717) is 25.1 Å². The fourth-order valence-corrected chi connectivity index (χ4v) is 2.30. The highest BCUT2D eigenvalue weighted by atomic mass is 16.6. The van der Waals surface area contributed by atoms with E-state index < -0.39 is 6.10 Å². The topological polar surface area (TPSA) is 75.4 Å². The van der Waals surface area contributed by atoms with E-state index in [-0.39, 0.29) is 10.6 Å². The van der Waals surface area contributed by atoms with Crippen LogP contribution in [0, 0.1) is 17.0 Å². The first kappa shape index (κ1) is 16.1. The molecular formula is C17H20N2O3. The van der Waals surface area contributed by atoms with Crippen molar-refractivity contribution in [3.8, 4) is 0 Å². The summed E-state index contributed by atoms with van der Waals surface area (Å²) in [6.07, 6.45) is 0.102. The van der Waals surface area contributed by atoms with Crippen molar-refractivity contribution in [2.45, 2.75) is 26.0 Å². The molecule has 0 radical (unpaired) electrons. The van der Waals surface area contributed by atoms with E-state index in [2.05, 4.69) is 5.32 Å². The molecule has 0 heterocycles. The molecule has 116 valence electrons. The molecule has 0 amide bonds. The summed E-state index contributed by atoms with van der Waals surface area (Å²) in [5.41, 5.74) is 2.70. The quantitative estimate of drug-likeness (QED) is 0.609. The Morgan fingerprint density at radius 3 is 2.59 bits per heavy atom. The molecule has 2 rings (SSSR count). The van der Waals surface area contributed by atoms with Gasteiger partial charge in [0, 0.05) is 24.7 Å². The summed E-state index contributed by atoms with van der Waals surface area (Å²) in [5.74, 6) is 0. The second kappa shape index (κ2) is 7.68. The lowest BCUT2D eigenvalue weighted by Gasteiger charge is -2.12. The van der Waals surface area contributed by atoms with Crippen LogP contribution in [0.1, 0.15) is 16.7 Å². The largest absolute Gasteiger partial charge is 0.391 e. The number of aliphatic hydroxyl groups excluding tert-OH is 1. The molecule has 2 aromatic rings. The van der Waals surface area contributed by atoms with Crippen LogP contribution in [0.2, 0.25) is 0 Å². The number of aryl methyl sites for hydroxylation is 1. The van der Waals surface area contributed by atoms with Crippen LogP contribution in [-0.2, 0) is 13.0 Å². The van der Waals surface area contributed by atoms with Crippen LogP contribution >= 0.6 is 0 Å². The van der Waals surface area contributed by atoms with Crippen LogP contribution < -0.4 is 5.32 Å². The van der Waals surface area contributed by atoms with Gasteiger partial charge in [0.05, 0.1) is 11.0 Å². The number of nitro groups is 1. The molecule has 0 aromatic heterocycles. The fraction of sp³-hybridized carbons (Fsp3) is 0.294. The second-order valence-corrected chi connectivity index (χ2v) is 5.35. The Kier molecular flexibility index (Phi) is 5.63. The number of nitrogens with one attached hydrogen (secondary N) is 1. The summed E-state index contributed by atoms with van der Waals surface area (Å²) in [7, 11) is 0. The zero-order valence-electron chi connectivity index (χ0n) is 12.5. The molecule has 2 aromatic carbocycles. The van der Waals surface area contributed by atoms with E-state index in [1.807, 2.05) is 36.4 Å². The normalized spacial score (nSPS) is 12.1. The van der Waals surface area contributed by atoms with Crippen molar-refractivity contribution < 1.29 is 10.0 Å². The standard InChI is InChI=1S/C17H20N2O3/c1-13-7-8-15(10-17(13)19(21)22)11-18-12-16(20)9-14-5-3-2-4-6-14/h2-8,10,16,18,20H,9,11-12H2,1H3. The Hall–Kier alpha value is -2.24. The number of nitrogens with zero attached hydrogens (tertiary/aromatic N) is 1. The third-order valence-electron chi connectivity index (χ3n) is 3.49. The number of hydrogen-bond donors (Lipinski definition) is 2. The smallest absolute Gasteiger partial charge is 0.272 e. The molecule has 22 heavy (non-hydrogen) atoms. The predicted octanol–water partition coefficient (Wildman–Crippen LogP) is 2.60. The van der Waals surface area contributed by atoms with Crippen LogP contribution in [0.3, 0.4) is 0 Å². The number of rotatable bonds is 7. The number of hydrogen-bond acceptors (Lipinski definition) is 4. The maximum absolute atomic E-state index is 10.9. The van der Waals surface area contributed by atoms with Crippen molar-refractivity contribution in [1.82, 2.24) is 5.32 Å². The third kappa shape index (κ3) is 4.65. The lowest BCUT2D eigenvalue weighted by Crippen LogP contribution is -2.28. The third-order valence-corrected chi connectivity index (χ3v) is 3.49. The molecule has 1 unspecified atom stereocenters. The van der Waals surface area contributed by atoms with Gasteiger partial charge < -0.3 is 10.4 Å². The first-order valence-corrected chi connectivity index (χ1v) is 7.23. The van der Waals surface area contributed by atoms with Crippen molar-refractivity contribution in [1.29, 1.82) is 0 Å². The minimum Gasteiger partial charge on any atom is -0.391 e. The maximum Gasteiger partial charge on any atom is 0.272 e. The lowest BCUT2D eigenvalue weighted by molar-refractivity contribution is -0.385. The maximum atomic E-state index is 10.9. The predicted molar refractivity (Wildman–Crippen MR) is 85.7 cm³/mol. The van der Waals surface area contributed by atoms with E-state index in [1.165, 1.54) is 0 Å². The molecule has 0 fully saturated rings. The average molecular weight is 300 g/mol. The van der Waals surface area contributed by atoms with Gasteiger partial charge in [0.2, 0.25) is 0 Å². The molecule has 0 bridgehead atoms. The van der Waals surface area contributed by atoms with Gasteiger partial charge in [-0.3, -0.25) is 10.1 Å². The van der Waals surface area contributed by atoms with Gasteiger partial charge in [-0.2, -0.15) is 0 Å². The van der Waals surface area contributed by atoms with Crippen LogP contribution in [0.5, 0.6) is 0 Å². The summed E-state index contributed by atoms with van der Waals surface area (Å²) in [6.45, 7) is 2.66. The van der Waals surface area contributed by atoms with Crippen LogP contribution in [0.15, 0.2) is 48.5 Å². The molecular weight excluding hydrogens is 280 g/mol. The Balaban J connectivity index is 1.83. The van der Waals surface area contributed by atoms with Crippen molar-refractivity contribution in [3.63, 3.8) is 0 Å². The minimum atomic E-state index is -0.483. The zero-order valence-corrected chi connectivity index (χ0v) is 12.5. The van der Waals surface area contributed by atoms with E-state index in [4.69, 9.17) is 0 Å². The summed E-state index contributed by atoms with van der Waals surface area (Å²) in [4.78, 5) is 10.5. The van der Waals surface area contributed by atoms with Gasteiger partial charge in [0.25, 0.3) is 5.69 Å². The summed E-state index contributed by atoms with van der Waals surface area (Å²) in [6, 6.07) is 15.0. The number of aliphatic hydroxyl groups is 1. The van der Waals surface area contributed by atoms with Gasteiger partial charge in [0.1, 0.15) is 0 Å². The molecule has 0 aliphatic heterocycles. The summed E-state index contributed by atoms with van der Waals surface area (Å²) >= 11 is 0. The van der Waals surface area contributed by atoms with E-state index in [9.17, 15) is 15.2 Å². The van der Waals surface area contributed by atoms with Gasteiger partial charge in [0.15, 0.2) is 0 Å². The molecule has 0 aliphatic carbocycles. The second-order valence-electron chi connectivity index (χ2n) is 5.35. The van der Waals surface area contributed by atoms with E-state index >= 15 is 0 Å². The van der Waals surface area contributed by atoms with Crippen LogP contribution in [-0.4, -0.2) is 22.7 Å². The Morgan fingerprint density at radius 1 is 1.18 bits per heavy atom. The van der Waals surface area contributed by atoms with Crippen LogP contribution in [0.4, 0.5) is 5.69 Å². The van der Waals surface area contributed by atoms with Gasteiger partial charge in [-0.1, -0.05) is 42.5 Å². The molecule has 5 nitrogen and oxygen atoms in total. The summed E-state index contributed by atoms with van der Waals surface area (Å²) < 4.78 is 0. The van der Waals surface area contributed by atoms with E-state index in [1.54, 1.807) is 19.1 Å². The SMILES string of the molecule is Cc1ccc(CNCC(O)Cc2ccccc2)cc1[N+](=O)[O-]. The lowest BCUT2D eigenvalue weighted by atomic mass is 10.1. The average Bonchev–Trinajstić information content (AvgIpc) is 2.49. The van der Waals surface area contributed by atoms with Crippen molar-refractivity contribution in [3.05, 3.63) is 75.3 Å². The fourth-order valence-electron chi connectivity index (χ4n) is 2.30. The molecule has 0 saturated carbocycles. The van der Waals surface area contributed by atoms with Crippen molar-refractivity contribution >= 4 is 5.69 Å². The molecule has 2 N–H and O–H groups in total. The first-order valence-electron chi connectivity index (χ1n) is 7.23. The van der Waals surface area contributed by atoms with Crippen LogP contribution in [0.25, 0.3) is 0 Å². The highest BCUT2D eigenvalue weighted by Crippen LogP contribution is 2.19. The van der Waals surface area contributed by atoms with Gasteiger partial charge >= 0.3 is 0 Å². The Labute approximate surface area is 129 Å². The highest BCUT2D eigenvalue weighted by molar-refractivity contribution is 5.42. The molecule has 5 heteroatoms. The molecule has 0 aliphatic rings.